The lowest BCUT2D eigenvalue weighted by Crippen LogP contribution is -2.31. The number of nitrogens with one attached hydrogen (secondary N) is 1. The number of hydrogen-bond acceptors (Lipinski definition) is 5. The van der Waals surface area contributed by atoms with E-state index in [2.05, 4.69) is 20.2 Å². The number of fused-ring (bicyclic) bond motifs is 1. The fourth-order valence-corrected chi connectivity index (χ4v) is 2.53. The highest BCUT2D eigenvalue weighted by Crippen LogP contribution is 2.22. The van der Waals surface area contributed by atoms with Crippen LogP contribution in [0.1, 0.15) is 26.1 Å². The molecular weight excluding hydrogens is 304 g/mol. The van der Waals surface area contributed by atoms with Crippen LogP contribution >= 0.6 is 0 Å². The number of nitrogens with zero attached hydrogens (tertiary/aromatic N) is 3. The molecule has 2 aromatic rings. The minimum Gasteiger partial charge on any atom is -0.480 e. The average molecular weight is 330 g/mol. The zero-order valence-electron chi connectivity index (χ0n) is 14.8. The van der Waals surface area contributed by atoms with Crippen molar-refractivity contribution in [3.63, 3.8) is 0 Å². The number of likely N-dealkylation sites (N-methyl/N-ethyl adjacent to an activating group) is 1. The smallest absolute Gasteiger partial charge is 0.326 e. The average Bonchev–Trinajstić information content (AvgIpc) is 2.51. The first-order chi connectivity index (χ1) is 11.4. The summed E-state index contributed by atoms with van der Waals surface area (Å²) in [6.45, 7) is 4.86. The van der Waals surface area contributed by atoms with Crippen molar-refractivity contribution in [1.82, 2.24) is 14.9 Å². The number of carboxylic acids is 1. The molecule has 0 aliphatic heterocycles. The highest BCUT2D eigenvalue weighted by atomic mass is 16.4. The van der Waals surface area contributed by atoms with Crippen molar-refractivity contribution in [1.29, 1.82) is 0 Å². The molecule has 1 heterocycles. The van der Waals surface area contributed by atoms with E-state index in [1.165, 1.54) is 0 Å². The van der Waals surface area contributed by atoms with Crippen LogP contribution in [0.2, 0.25) is 0 Å². The van der Waals surface area contributed by atoms with Crippen LogP contribution in [-0.4, -0.2) is 52.6 Å². The lowest BCUT2D eigenvalue weighted by atomic mass is 10.0. The van der Waals surface area contributed by atoms with Gasteiger partial charge in [0.15, 0.2) is 0 Å². The molecule has 1 atom stereocenters. The maximum Gasteiger partial charge on any atom is 0.326 e. The fraction of sp³-hybridized carbons (Fsp3) is 0.500. The lowest BCUT2D eigenvalue weighted by molar-refractivity contribution is -0.138. The molecule has 0 fully saturated rings. The van der Waals surface area contributed by atoms with Gasteiger partial charge in [0, 0.05) is 18.4 Å². The second-order valence-electron chi connectivity index (χ2n) is 6.72. The summed E-state index contributed by atoms with van der Waals surface area (Å²) in [5.74, 6) is 0.738. The number of carbonyl (C=O) groups is 1. The lowest BCUT2D eigenvalue weighted by Gasteiger charge is -2.19. The van der Waals surface area contributed by atoms with Gasteiger partial charge in [0.1, 0.15) is 17.7 Å². The van der Waals surface area contributed by atoms with Crippen LogP contribution in [0.25, 0.3) is 10.9 Å². The largest absolute Gasteiger partial charge is 0.480 e. The summed E-state index contributed by atoms with van der Waals surface area (Å²) in [6, 6.07) is 7.03. The van der Waals surface area contributed by atoms with Gasteiger partial charge in [0.2, 0.25) is 0 Å². The Hall–Kier alpha value is -2.21. The van der Waals surface area contributed by atoms with Crippen molar-refractivity contribution in [2.75, 3.05) is 26.0 Å². The molecule has 0 spiro atoms. The molecule has 0 saturated carbocycles. The van der Waals surface area contributed by atoms with Crippen molar-refractivity contribution in [3.05, 3.63) is 30.1 Å². The Bertz CT molecular complexity index is 700. The van der Waals surface area contributed by atoms with Gasteiger partial charge in [-0.3, -0.25) is 0 Å². The molecule has 6 nitrogen and oxygen atoms in total. The second kappa shape index (κ2) is 8.06. The molecule has 6 heteroatoms. The Morgan fingerprint density at radius 1 is 1.25 bits per heavy atom. The van der Waals surface area contributed by atoms with Crippen LogP contribution in [0.15, 0.2) is 24.3 Å². The van der Waals surface area contributed by atoms with Gasteiger partial charge in [-0.1, -0.05) is 26.0 Å². The molecule has 2 rings (SSSR count). The Morgan fingerprint density at radius 2 is 1.96 bits per heavy atom. The first kappa shape index (κ1) is 18.1. The first-order valence-corrected chi connectivity index (χ1v) is 8.26. The highest BCUT2D eigenvalue weighted by Gasteiger charge is 2.20. The predicted molar refractivity (Wildman–Crippen MR) is 96.3 cm³/mol. The minimum atomic E-state index is -0.860. The maximum absolute atomic E-state index is 11.6. The molecular formula is C18H26N4O2. The minimum absolute atomic E-state index is 0.278. The van der Waals surface area contributed by atoms with Gasteiger partial charge >= 0.3 is 5.97 Å². The monoisotopic (exact) mass is 330 g/mol. The maximum atomic E-state index is 11.6. The van der Waals surface area contributed by atoms with E-state index in [9.17, 15) is 9.90 Å². The van der Waals surface area contributed by atoms with Crippen molar-refractivity contribution < 1.29 is 9.90 Å². The van der Waals surface area contributed by atoms with E-state index in [0.717, 1.165) is 23.3 Å². The van der Waals surface area contributed by atoms with E-state index in [-0.39, 0.29) is 5.92 Å². The Kier molecular flexibility index (Phi) is 6.09. The SMILES string of the molecule is CC(C)CC(Nc1nc(CCN(C)C)nc2ccccc12)C(=O)O. The van der Waals surface area contributed by atoms with Gasteiger partial charge in [-0.15, -0.1) is 0 Å². The summed E-state index contributed by atoms with van der Waals surface area (Å²) in [5, 5.41) is 13.5. The van der Waals surface area contributed by atoms with E-state index in [1.54, 1.807) is 0 Å². The van der Waals surface area contributed by atoms with Crippen LogP contribution in [-0.2, 0) is 11.2 Å². The van der Waals surface area contributed by atoms with Crippen LogP contribution in [0.5, 0.6) is 0 Å². The molecule has 0 saturated heterocycles. The Morgan fingerprint density at radius 3 is 2.58 bits per heavy atom. The summed E-state index contributed by atoms with van der Waals surface area (Å²) in [4.78, 5) is 22.8. The number of aromatic nitrogens is 2. The molecule has 1 aromatic heterocycles. The number of hydrogen-bond donors (Lipinski definition) is 2. The van der Waals surface area contributed by atoms with Gasteiger partial charge < -0.3 is 15.3 Å². The summed E-state index contributed by atoms with van der Waals surface area (Å²) < 4.78 is 0. The van der Waals surface area contributed by atoms with Crippen molar-refractivity contribution in [2.24, 2.45) is 5.92 Å². The molecule has 0 radical (unpaired) electrons. The summed E-state index contributed by atoms with van der Waals surface area (Å²) >= 11 is 0. The third-order valence-corrected chi connectivity index (χ3v) is 3.75. The first-order valence-electron chi connectivity index (χ1n) is 8.26. The molecule has 2 N–H and O–H groups in total. The second-order valence-corrected chi connectivity index (χ2v) is 6.72. The summed E-state index contributed by atoms with van der Waals surface area (Å²) in [7, 11) is 4.01. The van der Waals surface area contributed by atoms with Gasteiger partial charge in [-0.05, 0) is 38.6 Å². The van der Waals surface area contributed by atoms with Crippen LogP contribution in [0.4, 0.5) is 5.82 Å². The van der Waals surface area contributed by atoms with Crippen molar-refractivity contribution in [3.8, 4) is 0 Å². The molecule has 1 unspecified atom stereocenters. The van der Waals surface area contributed by atoms with Gasteiger partial charge in [0.25, 0.3) is 0 Å². The number of carboxylic acid groups (broad SMARTS) is 1. The standard InChI is InChI=1S/C18H26N4O2/c1-12(2)11-15(18(23)24)20-17-13-7-5-6-8-14(13)19-16(21-17)9-10-22(3)4/h5-8,12,15H,9-11H2,1-4H3,(H,23,24)(H,19,20,21). The summed E-state index contributed by atoms with van der Waals surface area (Å²) in [5.41, 5.74) is 0.831. The molecule has 24 heavy (non-hydrogen) atoms. The third-order valence-electron chi connectivity index (χ3n) is 3.75. The van der Waals surface area contributed by atoms with Crippen molar-refractivity contribution in [2.45, 2.75) is 32.7 Å². The Balaban J connectivity index is 2.36. The number of aliphatic carboxylic acids is 1. The zero-order valence-corrected chi connectivity index (χ0v) is 14.8. The zero-order chi connectivity index (χ0) is 17.7. The molecule has 0 bridgehead atoms. The van der Waals surface area contributed by atoms with Crippen molar-refractivity contribution >= 4 is 22.7 Å². The van der Waals surface area contributed by atoms with E-state index in [1.807, 2.05) is 52.2 Å². The van der Waals surface area contributed by atoms with Gasteiger partial charge in [-0.25, -0.2) is 14.8 Å². The van der Waals surface area contributed by atoms with Gasteiger partial charge in [0.05, 0.1) is 5.52 Å². The molecule has 1 aromatic carbocycles. The Labute approximate surface area is 142 Å². The van der Waals surface area contributed by atoms with E-state index in [0.29, 0.717) is 18.7 Å². The number of benzene rings is 1. The predicted octanol–water partition coefficient (Wildman–Crippen LogP) is 2.65. The van der Waals surface area contributed by atoms with Crippen LogP contribution in [0.3, 0.4) is 0 Å². The number of anilines is 1. The molecule has 130 valence electrons. The van der Waals surface area contributed by atoms with Gasteiger partial charge in [-0.2, -0.15) is 0 Å². The number of para-hydroxylation sites is 1. The van der Waals surface area contributed by atoms with E-state index in [4.69, 9.17) is 0 Å². The van der Waals surface area contributed by atoms with Crippen LogP contribution in [0, 0.1) is 5.92 Å². The third kappa shape index (κ3) is 4.89. The topological polar surface area (TPSA) is 78.4 Å². The van der Waals surface area contributed by atoms with E-state index >= 15 is 0 Å². The molecule has 0 aliphatic carbocycles. The van der Waals surface area contributed by atoms with Crippen LogP contribution < -0.4 is 5.32 Å². The normalized spacial score (nSPS) is 12.8. The molecule has 0 aliphatic rings. The summed E-state index contributed by atoms with van der Waals surface area (Å²) in [6.07, 6.45) is 1.26. The fourth-order valence-electron chi connectivity index (χ4n) is 2.53. The molecule has 0 amide bonds. The van der Waals surface area contributed by atoms with E-state index < -0.39 is 12.0 Å². The quantitative estimate of drug-likeness (QED) is 0.775. The highest BCUT2D eigenvalue weighted by molar-refractivity contribution is 5.90. The number of rotatable bonds is 8.